The third kappa shape index (κ3) is 6.20. The minimum absolute atomic E-state index is 0.707. The summed E-state index contributed by atoms with van der Waals surface area (Å²) in [5, 5.41) is 0. The molecule has 0 bridgehead atoms. The van der Waals surface area contributed by atoms with Crippen molar-refractivity contribution in [3.8, 4) is 78.4 Å². The van der Waals surface area contributed by atoms with E-state index < -0.39 is 0 Å². The van der Waals surface area contributed by atoms with Crippen molar-refractivity contribution < 1.29 is 0 Å². The van der Waals surface area contributed by atoms with E-state index in [1.165, 1.54) is 33.4 Å². The third-order valence-electron chi connectivity index (χ3n) is 8.71. The second-order valence-corrected chi connectivity index (χ2v) is 11.9. The smallest absolute Gasteiger partial charge is 0.160 e. The van der Waals surface area contributed by atoms with Gasteiger partial charge in [-0.05, 0) is 68.8 Å². The molecule has 0 saturated carbocycles. The maximum Gasteiger partial charge on any atom is 0.160 e. The van der Waals surface area contributed by atoms with Crippen LogP contribution in [0.2, 0.25) is 0 Å². The molecular formula is C46H32N2. The van der Waals surface area contributed by atoms with Crippen molar-refractivity contribution >= 4 is 0 Å². The minimum atomic E-state index is 0.707. The van der Waals surface area contributed by atoms with E-state index in [1.807, 2.05) is 36.4 Å². The van der Waals surface area contributed by atoms with Crippen LogP contribution in [0.5, 0.6) is 0 Å². The van der Waals surface area contributed by atoms with E-state index in [-0.39, 0.29) is 0 Å². The number of benzene rings is 7. The maximum atomic E-state index is 5.03. The molecular weight excluding hydrogens is 581 g/mol. The van der Waals surface area contributed by atoms with Crippen molar-refractivity contribution in [3.05, 3.63) is 194 Å². The molecule has 1 heterocycles. The van der Waals surface area contributed by atoms with Crippen LogP contribution in [-0.4, -0.2) is 9.97 Å². The zero-order valence-electron chi connectivity index (χ0n) is 26.4. The summed E-state index contributed by atoms with van der Waals surface area (Å²) in [7, 11) is 0. The molecule has 8 aromatic rings. The normalized spacial score (nSPS) is 10.9. The molecule has 0 spiro atoms. The van der Waals surface area contributed by atoms with Gasteiger partial charge in [0.2, 0.25) is 0 Å². The van der Waals surface area contributed by atoms with Crippen LogP contribution in [0, 0.1) is 0 Å². The summed E-state index contributed by atoms with van der Waals surface area (Å²) < 4.78 is 0. The van der Waals surface area contributed by atoms with E-state index in [0.29, 0.717) is 5.82 Å². The zero-order chi connectivity index (χ0) is 32.1. The molecule has 0 unspecified atom stereocenters. The van der Waals surface area contributed by atoms with Crippen LogP contribution in [0.25, 0.3) is 78.4 Å². The van der Waals surface area contributed by atoms with Crippen LogP contribution >= 0.6 is 0 Å². The predicted octanol–water partition coefficient (Wildman–Crippen LogP) is 12.1. The Balaban J connectivity index is 1.18. The monoisotopic (exact) mass is 612 g/mol. The Kier molecular flexibility index (Phi) is 7.96. The lowest BCUT2D eigenvalue weighted by molar-refractivity contribution is 1.18. The molecule has 2 heteroatoms. The van der Waals surface area contributed by atoms with Gasteiger partial charge in [0.1, 0.15) is 0 Å². The maximum absolute atomic E-state index is 5.03. The number of aromatic nitrogens is 2. The Morgan fingerprint density at radius 2 is 0.479 bits per heavy atom. The molecule has 8 rings (SSSR count). The van der Waals surface area contributed by atoms with E-state index in [9.17, 15) is 0 Å². The SMILES string of the molecule is c1ccc(-c2ccc(-c3cc(-c4ccccc4)cc(-c4ccc(-c5nc(-c6ccccc6)cc(-c6ccccc6)n5)cc4)c3)cc2)cc1. The second-order valence-electron chi connectivity index (χ2n) is 11.9. The lowest BCUT2D eigenvalue weighted by Gasteiger charge is -2.13. The van der Waals surface area contributed by atoms with Crippen molar-refractivity contribution in [2.45, 2.75) is 0 Å². The van der Waals surface area contributed by atoms with Gasteiger partial charge in [0.15, 0.2) is 5.82 Å². The van der Waals surface area contributed by atoms with E-state index in [4.69, 9.17) is 9.97 Å². The Morgan fingerprint density at radius 1 is 0.208 bits per heavy atom. The average Bonchev–Trinajstić information content (AvgIpc) is 3.19. The fraction of sp³-hybridized carbons (Fsp3) is 0. The molecule has 0 aliphatic carbocycles. The van der Waals surface area contributed by atoms with Crippen LogP contribution in [-0.2, 0) is 0 Å². The van der Waals surface area contributed by atoms with E-state index in [2.05, 4.69) is 158 Å². The first-order valence-electron chi connectivity index (χ1n) is 16.2. The van der Waals surface area contributed by atoms with Crippen molar-refractivity contribution in [1.82, 2.24) is 9.97 Å². The average molecular weight is 613 g/mol. The molecule has 0 aliphatic rings. The molecule has 0 radical (unpaired) electrons. The summed E-state index contributed by atoms with van der Waals surface area (Å²) in [6.07, 6.45) is 0. The van der Waals surface area contributed by atoms with Gasteiger partial charge in [-0.2, -0.15) is 0 Å². The Morgan fingerprint density at radius 3 is 0.854 bits per heavy atom. The van der Waals surface area contributed by atoms with Gasteiger partial charge in [0, 0.05) is 16.7 Å². The first-order valence-corrected chi connectivity index (χ1v) is 16.2. The molecule has 0 fully saturated rings. The predicted molar refractivity (Wildman–Crippen MR) is 200 cm³/mol. The van der Waals surface area contributed by atoms with Crippen LogP contribution < -0.4 is 0 Å². The summed E-state index contributed by atoms with van der Waals surface area (Å²) in [6, 6.07) is 68.2. The number of hydrogen-bond acceptors (Lipinski definition) is 2. The standard InChI is InChI=1S/C46H32N2/c1-5-13-33(14-6-1)35-21-23-36(24-22-35)42-29-41(34-15-7-2-8-16-34)30-43(31-42)37-25-27-40(28-26-37)46-47-44(38-17-9-3-10-18-38)32-45(48-46)39-19-11-4-12-20-39/h1-32H. The quantitative estimate of drug-likeness (QED) is 0.179. The van der Waals surface area contributed by atoms with Crippen LogP contribution in [0.1, 0.15) is 0 Å². The molecule has 0 amide bonds. The first kappa shape index (κ1) is 29.1. The fourth-order valence-electron chi connectivity index (χ4n) is 6.15. The lowest BCUT2D eigenvalue weighted by Crippen LogP contribution is -1.96. The van der Waals surface area contributed by atoms with Crippen LogP contribution in [0.4, 0.5) is 0 Å². The van der Waals surface area contributed by atoms with Gasteiger partial charge in [-0.1, -0.05) is 170 Å². The first-order chi connectivity index (χ1) is 23.8. The van der Waals surface area contributed by atoms with Gasteiger partial charge in [0.25, 0.3) is 0 Å². The number of rotatable bonds is 7. The molecule has 0 N–H and O–H groups in total. The Bertz CT molecular complexity index is 2220. The summed E-state index contributed by atoms with van der Waals surface area (Å²) >= 11 is 0. The molecule has 0 atom stereocenters. The van der Waals surface area contributed by atoms with Gasteiger partial charge >= 0.3 is 0 Å². The van der Waals surface area contributed by atoms with Crippen molar-refractivity contribution in [2.24, 2.45) is 0 Å². The van der Waals surface area contributed by atoms with E-state index in [0.717, 1.165) is 39.2 Å². The van der Waals surface area contributed by atoms with Gasteiger partial charge in [0.05, 0.1) is 11.4 Å². The molecule has 0 aliphatic heterocycles. The Labute approximate surface area is 281 Å². The van der Waals surface area contributed by atoms with Crippen molar-refractivity contribution in [1.29, 1.82) is 0 Å². The number of nitrogens with zero attached hydrogens (tertiary/aromatic N) is 2. The van der Waals surface area contributed by atoms with Gasteiger partial charge in [-0.15, -0.1) is 0 Å². The zero-order valence-corrected chi connectivity index (χ0v) is 26.4. The highest BCUT2D eigenvalue weighted by molar-refractivity contribution is 5.83. The highest BCUT2D eigenvalue weighted by Crippen LogP contribution is 2.35. The molecule has 1 aromatic heterocycles. The summed E-state index contributed by atoms with van der Waals surface area (Å²) in [4.78, 5) is 10.1. The number of hydrogen-bond donors (Lipinski definition) is 0. The van der Waals surface area contributed by atoms with Crippen molar-refractivity contribution in [2.75, 3.05) is 0 Å². The van der Waals surface area contributed by atoms with Gasteiger partial charge in [-0.25, -0.2) is 9.97 Å². The van der Waals surface area contributed by atoms with Gasteiger partial charge < -0.3 is 0 Å². The summed E-state index contributed by atoms with van der Waals surface area (Å²) in [5.74, 6) is 0.707. The molecule has 0 saturated heterocycles. The largest absolute Gasteiger partial charge is 0.228 e. The topological polar surface area (TPSA) is 25.8 Å². The van der Waals surface area contributed by atoms with Crippen LogP contribution in [0.3, 0.4) is 0 Å². The second kappa shape index (κ2) is 13.2. The van der Waals surface area contributed by atoms with Crippen molar-refractivity contribution in [3.63, 3.8) is 0 Å². The fourth-order valence-corrected chi connectivity index (χ4v) is 6.15. The third-order valence-corrected chi connectivity index (χ3v) is 8.71. The van der Waals surface area contributed by atoms with E-state index >= 15 is 0 Å². The summed E-state index contributed by atoms with van der Waals surface area (Å²) in [6.45, 7) is 0. The molecule has 226 valence electrons. The minimum Gasteiger partial charge on any atom is -0.228 e. The van der Waals surface area contributed by atoms with Crippen LogP contribution in [0.15, 0.2) is 194 Å². The highest BCUT2D eigenvalue weighted by Gasteiger charge is 2.12. The lowest BCUT2D eigenvalue weighted by atomic mass is 9.92. The molecule has 2 nitrogen and oxygen atoms in total. The highest BCUT2D eigenvalue weighted by atomic mass is 14.9. The Hall–Kier alpha value is -6.38. The summed E-state index contributed by atoms with van der Waals surface area (Å²) in [5.41, 5.74) is 14.4. The molecule has 48 heavy (non-hydrogen) atoms. The van der Waals surface area contributed by atoms with Gasteiger partial charge in [-0.3, -0.25) is 0 Å². The molecule has 7 aromatic carbocycles. The van der Waals surface area contributed by atoms with E-state index in [1.54, 1.807) is 0 Å².